The fourth-order valence-corrected chi connectivity index (χ4v) is 3.76. The normalized spacial score (nSPS) is 31.9. The molecule has 5 heteroatoms. The van der Waals surface area contributed by atoms with E-state index in [0.29, 0.717) is 16.5 Å². The van der Waals surface area contributed by atoms with Crippen molar-refractivity contribution in [2.75, 3.05) is 13.1 Å². The number of nitrogens with zero attached hydrogens (tertiary/aromatic N) is 1. The summed E-state index contributed by atoms with van der Waals surface area (Å²) >= 11 is 9.12. The third-order valence-electron chi connectivity index (χ3n) is 4.20. The van der Waals surface area contributed by atoms with Gasteiger partial charge in [-0.05, 0) is 47.8 Å². The van der Waals surface area contributed by atoms with Gasteiger partial charge in [-0.1, -0.05) is 17.7 Å². The average Bonchev–Trinajstić information content (AvgIpc) is 2.92. The Morgan fingerprint density at radius 1 is 1.44 bits per heavy atom. The second-order valence-corrected chi connectivity index (χ2v) is 6.32. The third kappa shape index (κ3) is 1.73. The zero-order valence-electron chi connectivity index (χ0n) is 9.80. The van der Waals surface area contributed by atoms with Gasteiger partial charge in [0.25, 0.3) is 0 Å². The summed E-state index contributed by atoms with van der Waals surface area (Å²) in [4.78, 5) is 2.25. The van der Waals surface area contributed by atoms with Crippen molar-refractivity contribution in [3.05, 3.63) is 33.0 Å². The molecule has 2 aliphatic heterocycles. The van der Waals surface area contributed by atoms with Crippen molar-refractivity contribution in [1.82, 2.24) is 4.90 Å². The molecule has 2 fully saturated rings. The van der Waals surface area contributed by atoms with Crippen molar-refractivity contribution in [2.45, 2.75) is 30.9 Å². The van der Waals surface area contributed by atoms with Gasteiger partial charge in [-0.3, -0.25) is 4.90 Å². The van der Waals surface area contributed by atoms with Crippen LogP contribution in [0.5, 0.6) is 0 Å². The van der Waals surface area contributed by atoms with Gasteiger partial charge in [-0.15, -0.1) is 0 Å². The molecule has 0 amide bonds. The van der Waals surface area contributed by atoms with Gasteiger partial charge < -0.3 is 5.11 Å². The van der Waals surface area contributed by atoms with E-state index in [9.17, 15) is 9.50 Å². The van der Waals surface area contributed by atoms with E-state index in [2.05, 4.69) is 20.8 Å². The first-order valence-electron chi connectivity index (χ1n) is 6.14. The smallest absolute Gasteiger partial charge is 0.149 e. The summed E-state index contributed by atoms with van der Waals surface area (Å²) in [6, 6.07) is 3.38. The molecular formula is C13H14BrClFNO. The predicted molar refractivity (Wildman–Crippen MR) is 72.2 cm³/mol. The van der Waals surface area contributed by atoms with Crippen molar-refractivity contribution in [3.63, 3.8) is 0 Å². The second kappa shape index (κ2) is 4.44. The van der Waals surface area contributed by atoms with Crippen LogP contribution in [0.25, 0.3) is 0 Å². The monoisotopic (exact) mass is 333 g/mol. The summed E-state index contributed by atoms with van der Waals surface area (Å²) in [5.41, 5.74) is -0.754. The number of hydrogen-bond acceptors (Lipinski definition) is 2. The van der Waals surface area contributed by atoms with Gasteiger partial charge in [0.15, 0.2) is 0 Å². The van der Waals surface area contributed by atoms with Crippen molar-refractivity contribution in [2.24, 2.45) is 0 Å². The van der Waals surface area contributed by atoms with E-state index in [1.165, 1.54) is 0 Å². The molecule has 0 aromatic heterocycles. The van der Waals surface area contributed by atoms with Crippen molar-refractivity contribution >= 4 is 27.5 Å². The molecule has 0 saturated carbocycles. The second-order valence-electron chi connectivity index (χ2n) is 5.09. The summed E-state index contributed by atoms with van der Waals surface area (Å²) in [6.45, 7) is 1.83. The molecule has 0 bridgehead atoms. The molecule has 2 unspecified atom stereocenters. The highest BCUT2D eigenvalue weighted by molar-refractivity contribution is 9.10. The van der Waals surface area contributed by atoms with E-state index in [0.717, 1.165) is 25.9 Å². The van der Waals surface area contributed by atoms with Crippen LogP contribution in [0.2, 0.25) is 5.02 Å². The van der Waals surface area contributed by atoms with Gasteiger partial charge in [0.05, 0.1) is 5.02 Å². The molecule has 2 heterocycles. The lowest BCUT2D eigenvalue weighted by molar-refractivity contribution is 0.00622. The summed E-state index contributed by atoms with van der Waals surface area (Å²) in [5, 5.41) is 10.9. The Labute approximate surface area is 119 Å². The van der Waals surface area contributed by atoms with Crippen LogP contribution in [0.4, 0.5) is 4.39 Å². The van der Waals surface area contributed by atoms with Crippen molar-refractivity contribution in [1.29, 1.82) is 0 Å². The lowest BCUT2D eigenvalue weighted by Gasteiger charge is -2.31. The van der Waals surface area contributed by atoms with Crippen molar-refractivity contribution < 1.29 is 9.50 Å². The van der Waals surface area contributed by atoms with Gasteiger partial charge in [0, 0.05) is 22.6 Å². The molecule has 0 spiro atoms. The molecule has 3 rings (SSSR count). The van der Waals surface area contributed by atoms with Crippen LogP contribution in [-0.2, 0) is 5.60 Å². The van der Waals surface area contributed by atoms with E-state index in [-0.39, 0.29) is 11.1 Å². The third-order valence-corrected chi connectivity index (χ3v) is 5.46. The van der Waals surface area contributed by atoms with Gasteiger partial charge in [0.2, 0.25) is 0 Å². The number of rotatable bonds is 1. The highest BCUT2D eigenvalue weighted by Crippen LogP contribution is 2.45. The van der Waals surface area contributed by atoms with Gasteiger partial charge in [-0.2, -0.15) is 0 Å². The highest BCUT2D eigenvalue weighted by Gasteiger charge is 2.50. The lowest BCUT2D eigenvalue weighted by Crippen LogP contribution is -2.39. The molecule has 0 radical (unpaired) electrons. The van der Waals surface area contributed by atoms with E-state index >= 15 is 0 Å². The molecule has 2 nitrogen and oxygen atoms in total. The molecule has 2 aliphatic rings. The highest BCUT2D eigenvalue weighted by atomic mass is 79.9. The number of aliphatic hydroxyl groups is 1. The molecule has 1 aromatic carbocycles. The van der Waals surface area contributed by atoms with Crippen LogP contribution in [-0.4, -0.2) is 29.1 Å². The lowest BCUT2D eigenvalue weighted by atomic mass is 9.85. The molecule has 2 atom stereocenters. The van der Waals surface area contributed by atoms with Gasteiger partial charge in [0.1, 0.15) is 11.4 Å². The molecule has 98 valence electrons. The Balaban J connectivity index is 2.07. The average molecular weight is 335 g/mol. The molecule has 1 aromatic rings. The first-order valence-corrected chi connectivity index (χ1v) is 7.31. The Morgan fingerprint density at radius 3 is 3.00 bits per heavy atom. The minimum Gasteiger partial charge on any atom is -0.383 e. The maximum atomic E-state index is 14.3. The van der Waals surface area contributed by atoms with E-state index in [1.54, 1.807) is 12.1 Å². The fourth-order valence-electron chi connectivity index (χ4n) is 3.29. The number of halogens is 3. The molecular weight excluding hydrogens is 321 g/mol. The van der Waals surface area contributed by atoms with E-state index in [1.807, 2.05) is 0 Å². The fraction of sp³-hybridized carbons (Fsp3) is 0.538. The maximum absolute atomic E-state index is 14.3. The van der Waals surface area contributed by atoms with Crippen molar-refractivity contribution in [3.8, 4) is 0 Å². The number of benzene rings is 1. The predicted octanol–water partition coefficient (Wildman–Crippen LogP) is 3.30. The first kappa shape index (κ1) is 12.9. The maximum Gasteiger partial charge on any atom is 0.149 e. The zero-order valence-corrected chi connectivity index (χ0v) is 12.1. The van der Waals surface area contributed by atoms with Gasteiger partial charge in [-0.25, -0.2) is 4.39 Å². The van der Waals surface area contributed by atoms with Gasteiger partial charge >= 0.3 is 0 Å². The SMILES string of the molecule is OC1(c2ccc(Br)c(Cl)c2F)CCN2CCCC21. The van der Waals surface area contributed by atoms with E-state index < -0.39 is 11.4 Å². The molecule has 2 saturated heterocycles. The molecule has 1 N–H and O–H groups in total. The van der Waals surface area contributed by atoms with Crippen LogP contribution in [0.3, 0.4) is 0 Å². The number of fused-ring (bicyclic) bond motifs is 1. The summed E-state index contributed by atoms with van der Waals surface area (Å²) < 4.78 is 14.8. The Kier molecular flexibility index (Phi) is 3.17. The summed E-state index contributed by atoms with van der Waals surface area (Å²) in [7, 11) is 0. The minimum atomic E-state index is -1.09. The largest absolute Gasteiger partial charge is 0.383 e. The molecule has 18 heavy (non-hydrogen) atoms. The van der Waals surface area contributed by atoms with Crippen LogP contribution >= 0.6 is 27.5 Å². The first-order chi connectivity index (χ1) is 8.54. The quantitative estimate of drug-likeness (QED) is 0.797. The Morgan fingerprint density at radius 2 is 2.22 bits per heavy atom. The van der Waals surface area contributed by atoms with E-state index in [4.69, 9.17) is 11.6 Å². The standard InChI is InChI=1S/C13H14BrClFNO/c14-9-4-3-8(12(16)11(9)15)13(18)5-7-17-6-1-2-10(13)17/h3-4,10,18H,1-2,5-7H2. The van der Waals surface area contributed by atoms with Crippen LogP contribution < -0.4 is 0 Å². The van der Waals surface area contributed by atoms with Crippen LogP contribution in [0, 0.1) is 5.82 Å². The topological polar surface area (TPSA) is 23.5 Å². The van der Waals surface area contributed by atoms with Crippen LogP contribution in [0.15, 0.2) is 16.6 Å². The van der Waals surface area contributed by atoms with Crippen LogP contribution in [0.1, 0.15) is 24.8 Å². The summed E-state index contributed by atoms with van der Waals surface area (Å²) in [6.07, 6.45) is 2.56. The number of hydrogen-bond donors (Lipinski definition) is 1. The zero-order chi connectivity index (χ0) is 12.9. The molecule has 0 aliphatic carbocycles. The Hall–Kier alpha value is -0.160. The Bertz CT molecular complexity index is 498. The minimum absolute atomic E-state index is 0.0317. The summed E-state index contributed by atoms with van der Waals surface area (Å²) in [5.74, 6) is -0.498.